The summed E-state index contributed by atoms with van der Waals surface area (Å²) in [6, 6.07) is 26.5. The molecule has 4 nitrogen and oxygen atoms in total. The van der Waals surface area contributed by atoms with Crippen LogP contribution >= 0.6 is 15.9 Å². The molecule has 2 N–H and O–H groups in total. The van der Waals surface area contributed by atoms with Gasteiger partial charge in [0.2, 0.25) is 5.95 Å². The van der Waals surface area contributed by atoms with Crippen LogP contribution in [0, 0.1) is 0 Å². The smallest absolute Gasteiger partial charge is 0.229 e. The number of fused-ring (bicyclic) bond motifs is 1. The van der Waals surface area contributed by atoms with Crippen LogP contribution in [0.25, 0.3) is 10.9 Å². The molecular formula is C22H19BrN4. The lowest BCUT2D eigenvalue weighted by molar-refractivity contribution is 1.01. The fraction of sp³-hybridized carbons (Fsp3) is 0.0909. The molecule has 0 saturated heterocycles. The minimum Gasteiger partial charge on any atom is -0.369 e. The number of nitrogens with one attached hydrogen (secondary N) is 2. The molecule has 4 rings (SSSR count). The third kappa shape index (κ3) is 4.44. The van der Waals surface area contributed by atoms with Crippen molar-refractivity contribution in [3.63, 3.8) is 0 Å². The minimum atomic E-state index is 0.582. The van der Waals surface area contributed by atoms with Gasteiger partial charge < -0.3 is 10.6 Å². The summed E-state index contributed by atoms with van der Waals surface area (Å²) in [5.41, 5.74) is 3.16. The molecule has 4 aromatic rings. The summed E-state index contributed by atoms with van der Waals surface area (Å²) >= 11 is 3.45. The molecule has 0 radical (unpaired) electrons. The van der Waals surface area contributed by atoms with Gasteiger partial charge in [0.25, 0.3) is 0 Å². The van der Waals surface area contributed by atoms with Crippen LogP contribution in [0.3, 0.4) is 0 Å². The first kappa shape index (κ1) is 17.5. The third-order valence-electron chi connectivity index (χ3n) is 4.25. The second-order valence-electron chi connectivity index (χ2n) is 6.21. The Morgan fingerprint density at radius 2 is 1.52 bits per heavy atom. The standard InChI is InChI=1S/C22H19BrN4/c23-17-10-12-18(13-11-17)25-22-26-20-9-5-4-8-19(20)21(27-22)24-15-14-16-6-2-1-3-7-16/h1-13H,14-15H2,(H2,24,25,26,27). The SMILES string of the molecule is Brc1ccc(Nc2nc(NCCc3ccccc3)c3ccccc3n2)cc1. The van der Waals surface area contributed by atoms with Gasteiger partial charge in [-0.1, -0.05) is 58.4 Å². The van der Waals surface area contributed by atoms with E-state index in [0.29, 0.717) is 5.95 Å². The maximum absolute atomic E-state index is 4.70. The normalized spacial score (nSPS) is 10.7. The molecule has 0 spiro atoms. The number of halogens is 1. The zero-order valence-corrected chi connectivity index (χ0v) is 16.3. The first-order valence-electron chi connectivity index (χ1n) is 8.85. The van der Waals surface area contributed by atoms with Crippen LogP contribution in [0.1, 0.15) is 5.56 Å². The highest BCUT2D eigenvalue weighted by Crippen LogP contribution is 2.24. The molecule has 1 aromatic heterocycles. The van der Waals surface area contributed by atoms with Crippen LogP contribution in [0.15, 0.2) is 83.3 Å². The lowest BCUT2D eigenvalue weighted by Gasteiger charge is -2.12. The number of nitrogens with zero attached hydrogens (tertiary/aromatic N) is 2. The quantitative estimate of drug-likeness (QED) is 0.415. The maximum Gasteiger partial charge on any atom is 0.229 e. The van der Waals surface area contributed by atoms with Gasteiger partial charge in [-0.25, -0.2) is 4.98 Å². The molecule has 0 aliphatic rings. The van der Waals surface area contributed by atoms with Gasteiger partial charge in [0.05, 0.1) is 5.52 Å². The Morgan fingerprint density at radius 1 is 0.778 bits per heavy atom. The largest absolute Gasteiger partial charge is 0.369 e. The van der Waals surface area contributed by atoms with Crippen LogP contribution < -0.4 is 10.6 Å². The second-order valence-corrected chi connectivity index (χ2v) is 7.12. The van der Waals surface area contributed by atoms with E-state index in [4.69, 9.17) is 4.98 Å². The van der Waals surface area contributed by atoms with Gasteiger partial charge in [-0.05, 0) is 48.4 Å². The van der Waals surface area contributed by atoms with Crippen molar-refractivity contribution >= 4 is 44.3 Å². The van der Waals surface area contributed by atoms with Gasteiger partial charge in [-0.15, -0.1) is 0 Å². The molecule has 5 heteroatoms. The Hall–Kier alpha value is -2.92. The van der Waals surface area contributed by atoms with E-state index in [2.05, 4.69) is 55.8 Å². The summed E-state index contributed by atoms with van der Waals surface area (Å²) in [6.07, 6.45) is 0.939. The van der Waals surface area contributed by atoms with Crippen molar-refractivity contribution < 1.29 is 0 Å². The van der Waals surface area contributed by atoms with Crippen LogP contribution in [-0.2, 0) is 6.42 Å². The van der Waals surface area contributed by atoms with Crippen molar-refractivity contribution in [2.24, 2.45) is 0 Å². The van der Waals surface area contributed by atoms with Crippen LogP contribution in [0.5, 0.6) is 0 Å². The van der Waals surface area contributed by atoms with E-state index in [1.807, 2.05) is 54.6 Å². The summed E-state index contributed by atoms with van der Waals surface area (Å²) in [4.78, 5) is 9.35. The molecule has 0 atom stereocenters. The van der Waals surface area contributed by atoms with Gasteiger partial charge >= 0.3 is 0 Å². The zero-order valence-electron chi connectivity index (χ0n) is 14.7. The van der Waals surface area contributed by atoms with Gasteiger partial charge in [0.15, 0.2) is 0 Å². The second kappa shape index (κ2) is 8.18. The summed E-state index contributed by atoms with van der Waals surface area (Å²) < 4.78 is 1.04. The Morgan fingerprint density at radius 3 is 2.33 bits per heavy atom. The zero-order chi connectivity index (χ0) is 18.5. The molecule has 0 fully saturated rings. The van der Waals surface area contributed by atoms with Crippen molar-refractivity contribution in [1.82, 2.24) is 9.97 Å². The molecule has 0 aliphatic carbocycles. The number of aromatic nitrogens is 2. The van der Waals surface area contributed by atoms with Crippen LogP contribution in [0.4, 0.5) is 17.5 Å². The molecule has 1 heterocycles. The Labute approximate surface area is 166 Å². The molecule has 0 unspecified atom stereocenters. The summed E-state index contributed by atoms with van der Waals surface area (Å²) in [6.45, 7) is 0.808. The monoisotopic (exact) mass is 418 g/mol. The van der Waals surface area contributed by atoms with Crippen molar-refractivity contribution in [2.45, 2.75) is 6.42 Å². The topological polar surface area (TPSA) is 49.8 Å². The number of anilines is 3. The molecular weight excluding hydrogens is 400 g/mol. The van der Waals surface area contributed by atoms with Gasteiger partial charge in [-0.2, -0.15) is 4.98 Å². The van der Waals surface area contributed by atoms with Gasteiger partial charge in [0, 0.05) is 22.1 Å². The maximum atomic E-state index is 4.70. The number of rotatable bonds is 6. The fourth-order valence-electron chi connectivity index (χ4n) is 2.90. The molecule has 0 amide bonds. The van der Waals surface area contributed by atoms with Crippen molar-refractivity contribution in [3.8, 4) is 0 Å². The van der Waals surface area contributed by atoms with Crippen molar-refractivity contribution in [3.05, 3.63) is 88.9 Å². The average molecular weight is 419 g/mol. The van der Waals surface area contributed by atoms with Gasteiger partial charge in [0.1, 0.15) is 5.82 Å². The minimum absolute atomic E-state index is 0.582. The van der Waals surface area contributed by atoms with Crippen molar-refractivity contribution in [2.75, 3.05) is 17.2 Å². The Balaban J connectivity index is 1.57. The molecule has 134 valence electrons. The van der Waals surface area contributed by atoms with Crippen LogP contribution in [-0.4, -0.2) is 16.5 Å². The van der Waals surface area contributed by atoms with E-state index >= 15 is 0 Å². The average Bonchev–Trinajstić information content (AvgIpc) is 2.70. The Kier molecular flexibility index (Phi) is 5.30. The molecule has 0 aliphatic heterocycles. The third-order valence-corrected chi connectivity index (χ3v) is 4.78. The Bertz CT molecular complexity index is 1030. The predicted octanol–water partition coefficient (Wildman–Crippen LogP) is 5.79. The first-order chi connectivity index (χ1) is 13.3. The summed E-state index contributed by atoms with van der Waals surface area (Å²) in [5.74, 6) is 1.43. The lowest BCUT2D eigenvalue weighted by atomic mass is 10.1. The molecule has 0 saturated carbocycles. The summed E-state index contributed by atoms with van der Waals surface area (Å²) in [7, 11) is 0. The predicted molar refractivity (Wildman–Crippen MR) is 116 cm³/mol. The molecule has 27 heavy (non-hydrogen) atoms. The summed E-state index contributed by atoms with van der Waals surface area (Å²) in [5, 5.41) is 7.78. The molecule has 0 bridgehead atoms. The highest BCUT2D eigenvalue weighted by molar-refractivity contribution is 9.10. The number of para-hydroxylation sites is 1. The van der Waals surface area contributed by atoms with Gasteiger partial charge in [-0.3, -0.25) is 0 Å². The lowest BCUT2D eigenvalue weighted by Crippen LogP contribution is -2.09. The van der Waals surface area contributed by atoms with E-state index in [1.54, 1.807) is 0 Å². The van der Waals surface area contributed by atoms with E-state index in [0.717, 1.165) is 39.8 Å². The first-order valence-corrected chi connectivity index (χ1v) is 9.64. The van der Waals surface area contributed by atoms with Crippen molar-refractivity contribution in [1.29, 1.82) is 0 Å². The fourth-order valence-corrected chi connectivity index (χ4v) is 3.16. The van der Waals surface area contributed by atoms with E-state index in [9.17, 15) is 0 Å². The molecule has 3 aromatic carbocycles. The number of hydrogen-bond donors (Lipinski definition) is 2. The van der Waals surface area contributed by atoms with Crippen LogP contribution in [0.2, 0.25) is 0 Å². The highest BCUT2D eigenvalue weighted by atomic mass is 79.9. The number of benzene rings is 3. The highest BCUT2D eigenvalue weighted by Gasteiger charge is 2.08. The van der Waals surface area contributed by atoms with E-state index < -0.39 is 0 Å². The van der Waals surface area contributed by atoms with E-state index in [1.165, 1.54) is 5.56 Å². The van der Waals surface area contributed by atoms with E-state index in [-0.39, 0.29) is 0 Å². The number of hydrogen-bond acceptors (Lipinski definition) is 4.